The predicted molar refractivity (Wildman–Crippen MR) is 79.7 cm³/mol. The van der Waals surface area contributed by atoms with E-state index in [1.807, 2.05) is 19.1 Å². The van der Waals surface area contributed by atoms with Crippen LogP contribution < -0.4 is 4.90 Å². The normalized spacial score (nSPS) is 34.2. The molecule has 4 rings (SSSR count). The third-order valence-electron chi connectivity index (χ3n) is 4.88. The van der Waals surface area contributed by atoms with Crippen LogP contribution in [0.25, 0.3) is 0 Å². The van der Waals surface area contributed by atoms with E-state index in [0.717, 1.165) is 0 Å². The van der Waals surface area contributed by atoms with Gasteiger partial charge in [0.2, 0.25) is 11.8 Å². The first-order valence-electron chi connectivity index (χ1n) is 7.39. The number of rotatable bonds is 2. The fourth-order valence-corrected chi connectivity index (χ4v) is 3.77. The van der Waals surface area contributed by atoms with Gasteiger partial charge in [-0.15, -0.1) is 0 Å². The average molecular weight is 313 g/mol. The van der Waals surface area contributed by atoms with Crippen molar-refractivity contribution in [2.75, 3.05) is 12.0 Å². The van der Waals surface area contributed by atoms with Crippen molar-refractivity contribution in [2.24, 2.45) is 11.8 Å². The van der Waals surface area contributed by atoms with Crippen molar-refractivity contribution in [1.29, 1.82) is 0 Å². The van der Waals surface area contributed by atoms with Crippen molar-refractivity contribution in [3.8, 4) is 0 Å². The summed E-state index contributed by atoms with van der Waals surface area (Å²) < 4.78 is 10.4. The molecule has 3 heterocycles. The van der Waals surface area contributed by atoms with Crippen molar-refractivity contribution in [1.82, 2.24) is 0 Å². The predicted octanol–water partition coefficient (Wildman–Crippen LogP) is 1.31. The molecule has 0 aliphatic carbocycles. The van der Waals surface area contributed by atoms with Crippen LogP contribution in [-0.2, 0) is 19.1 Å². The first-order valence-corrected chi connectivity index (χ1v) is 7.39. The van der Waals surface area contributed by atoms with E-state index < -0.39 is 23.4 Å². The lowest BCUT2D eigenvalue weighted by Gasteiger charge is -2.24. The quantitative estimate of drug-likeness (QED) is 0.467. The van der Waals surface area contributed by atoms with Crippen molar-refractivity contribution in [3.05, 3.63) is 42.0 Å². The van der Waals surface area contributed by atoms with Crippen molar-refractivity contribution in [2.45, 2.75) is 18.6 Å². The van der Waals surface area contributed by atoms with Gasteiger partial charge in [-0.1, -0.05) is 12.2 Å². The average Bonchev–Trinajstić information content (AvgIpc) is 3.16. The zero-order valence-electron chi connectivity index (χ0n) is 12.7. The minimum absolute atomic E-state index is 0.246. The standard InChI is InChI=1S/C17H15NO5/c1-17-8-7-11(23-17)12-13(17)15(20)18(14(12)19)10-5-3-9(4-6-10)16(21)22-2/h3-8,11-13H,1-2H3/t11-,12-,13+,17-/m0/s1. The summed E-state index contributed by atoms with van der Waals surface area (Å²) in [4.78, 5) is 38.2. The van der Waals surface area contributed by atoms with Crippen molar-refractivity contribution in [3.63, 3.8) is 0 Å². The lowest BCUT2D eigenvalue weighted by molar-refractivity contribution is -0.126. The Morgan fingerprint density at radius 3 is 2.52 bits per heavy atom. The molecule has 2 fully saturated rings. The maximum Gasteiger partial charge on any atom is 0.337 e. The molecule has 23 heavy (non-hydrogen) atoms. The third kappa shape index (κ3) is 1.75. The first-order chi connectivity index (χ1) is 11.0. The number of hydrogen-bond donors (Lipinski definition) is 0. The van der Waals surface area contributed by atoms with Crippen LogP contribution in [0.2, 0.25) is 0 Å². The van der Waals surface area contributed by atoms with Gasteiger partial charge in [0.25, 0.3) is 0 Å². The summed E-state index contributed by atoms with van der Waals surface area (Å²) in [5.41, 5.74) is 0.126. The Kier molecular flexibility index (Phi) is 2.78. The highest BCUT2D eigenvalue weighted by Gasteiger charge is 2.65. The zero-order valence-corrected chi connectivity index (χ0v) is 12.7. The Morgan fingerprint density at radius 2 is 1.91 bits per heavy atom. The molecule has 3 aliphatic heterocycles. The minimum atomic E-state index is -0.706. The maximum absolute atomic E-state index is 12.8. The number of fused-ring (bicyclic) bond motifs is 5. The third-order valence-corrected chi connectivity index (χ3v) is 4.88. The number of imide groups is 1. The fourth-order valence-electron chi connectivity index (χ4n) is 3.77. The van der Waals surface area contributed by atoms with Gasteiger partial charge < -0.3 is 9.47 Å². The highest BCUT2D eigenvalue weighted by atomic mass is 16.5. The number of carbonyl (C=O) groups excluding carboxylic acids is 3. The summed E-state index contributed by atoms with van der Waals surface area (Å²) in [6.07, 6.45) is 3.39. The van der Waals surface area contributed by atoms with Gasteiger partial charge in [-0.05, 0) is 31.2 Å². The Bertz CT molecular complexity index is 753. The lowest BCUT2D eigenvalue weighted by Crippen LogP contribution is -2.38. The molecule has 0 aromatic heterocycles. The second-order valence-electron chi connectivity index (χ2n) is 6.18. The number of ether oxygens (including phenoxy) is 2. The molecule has 6 nitrogen and oxygen atoms in total. The summed E-state index contributed by atoms with van der Waals surface area (Å²) in [5.74, 6) is -1.90. The molecule has 1 aromatic carbocycles. The minimum Gasteiger partial charge on any atom is -0.465 e. The molecule has 0 saturated carbocycles. The number of carbonyl (C=O) groups is 3. The van der Waals surface area contributed by atoms with E-state index in [1.54, 1.807) is 24.3 Å². The van der Waals surface area contributed by atoms with Gasteiger partial charge in [0.15, 0.2) is 0 Å². The van der Waals surface area contributed by atoms with Crippen LogP contribution in [0.5, 0.6) is 0 Å². The summed E-state index contributed by atoms with van der Waals surface area (Å²) in [6.45, 7) is 1.84. The van der Waals surface area contributed by atoms with Gasteiger partial charge in [0.1, 0.15) is 0 Å². The van der Waals surface area contributed by atoms with E-state index in [0.29, 0.717) is 11.3 Å². The number of amides is 2. The van der Waals surface area contributed by atoms with Gasteiger partial charge in [-0.25, -0.2) is 9.69 Å². The topological polar surface area (TPSA) is 72.9 Å². The van der Waals surface area contributed by atoms with Crippen LogP contribution in [0, 0.1) is 11.8 Å². The molecule has 4 atom stereocenters. The molecule has 2 saturated heterocycles. The molecular formula is C17H15NO5. The number of methoxy groups -OCH3 is 1. The fraction of sp³-hybridized carbons (Fsp3) is 0.353. The summed E-state index contributed by atoms with van der Waals surface area (Å²) in [7, 11) is 1.30. The Hall–Kier alpha value is -2.47. The van der Waals surface area contributed by atoms with Crippen LogP contribution in [-0.4, -0.2) is 36.6 Å². The Labute approximate surface area is 132 Å². The number of anilines is 1. The van der Waals surface area contributed by atoms with Gasteiger partial charge >= 0.3 is 5.97 Å². The largest absolute Gasteiger partial charge is 0.465 e. The van der Waals surface area contributed by atoms with E-state index in [-0.39, 0.29) is 17.9 Å². The van der Waals surface area contributed by atoms with E-state index in [9.17, 15) is 14.4 Å². The van der Waals surface area contributed by atoms with Gasteiger partial charge in [0.05, 0.1) is 41.9 Å². The molecule has 2 amide bonds. The van der Waals surface area contributed by atoms with E-state index in [1.165, 1.54) is 12.0 Å². The summed E-state index contributed by atoms with van der Waals surface area (Å²) >= 11 is 0. The number of nitrogens with zero attached hydrogens (tertiary/aromatic N) is 1. The highest BCUT2D eigenvalue weighted by Crippen LogP contribution is 2.52. The van der Waals surface area contributed by atoms with Crippen LogP contribution in [0.1, 0.15) is 17.3 Å². The SMILES string of the molecule is COC(=O)c1ccc(N2C(=O)[C@H]3[C@@H]4C=C[C@](C)(O4)[C@H]3C2=O)cc1. The first kappa shape index (κ1) is 14.1. The molecule has 0 radical (unpaired) electrons. The van der Waals surface area contributed by atoms with E-state index in [2.05, 4.69) is 4.74 Å². The lowest BCUT2D eigenvalue weighted by atomic mass is 9.78. The van der Waals surface area contributed by atoms with E-state index in [4.69, 9.17) is 4.74 Å². The van der Waals surface area contributed by atoms with Crippen molar-refractivity contribution >= 4 is 23.5 Å². The number of benzene rings is 1. The number of esters is 1. The highest BCUT2D eigenvalue weighted by molar-refractivity contribution is 6.23. The van der Waals surface area contributed by atoms with Crippen LogP contribution in [0.3, 0.4) is 0 Å². The molecule has 6 heteroatoms. The van der Waals surface area contributed by atoms with Gasteiger partial charge in [-0.2, -0.15) is 0 Å². The molecular weight excluding hydrogens is 298 g/mol. The monoisotopic (exact) mass is 313 g/mol. The van der Waals surface area contributed by atoms with Gasteiger partial charge in [0, 0.05) is 0 Å². The number of hydrogen-bond acceptors (Lipinski definition) is 5. The Morgan fingerprint density at radius 1 is 1.22 bits per heavy atom. The molecule has 0 N–H and O–H groups in total. The van der Waals surface area contributed by atoms with Gasteiger partial charge in [-0.3, -0.25) is 9.59 Å². The molecule has 0 spiro atoms. The van der Waals surface area contributed by atoms with Crippen molar-refractivity contribution < 1.29 is 23.9 Å². The Balaban J connectivity index is 1.68. The zero-order chi connectivity index (χ0) is 16.4. The second-order valence-corrected chi connectivity index (χ2v) is 6.18. The molecule has 0 unspecified atom stereocenters. The van der Waals surface area contributed by atoms with Crippen LogP contribution in [0.15, 0.2) is 36.4 Å². The van der Waals surface area contributed by atoms with Crippen LogP contribution in [0.4, 0.5) is 5.69 Å². The van der Waals surface area contributed by atoms with Crippen LogP contribution >= 0.6 is 0 Å². The smallest absolute Gasteiger partial charge is 0.337 e. The summed E-state index contributed by atoms with van der Waals surface area (Å²) in [5, 5.41) is 0. The second kappa shape index (κ2) is 4.52. The maximum atomic E-state index is 12.8. The molecule has 3 aliphatic rings. The molecule has 1 aromatic rings. The molecule has 118 valence electrons. The van der Waals surface area contributed by atoms with E-state index >= 15 is 0 Å². The summed E-state index contributed by atoms with van der Waals surface area (Å²) in [6, 6.07) is 6.26. The molecule has 2 bridgehead atoms.